The zero-order valence-electron chi connectivity index (χ0n) is 13.3. The number of ketones is 1. The SMILES string of the molecule is CCCCn1cc(O)c(=O)cc1C=CC(=O)c1ccc(O)c(O)c1. The van der Waals surface area contributed by atoms with E-state index in [0.29, 0.717) is 12.2 Å². The number of hydrogen-bond donors (Lipinski definition) is 3. The molecular weight excluding hydrogens is 310 g/mol. The number of aromatic nitrogens is 1. The number of carbonyl (C=O) groups is 1. The van der Waals surface area contributed by atoms with Gasteiger partial charge in [-0.15, -0.1) is 0 Å². The summed E-state index contributed by atoms with van der Waals surface area (Å²) in [4.78, 5) is 23.8. The lowest BCUT2D eigenvalue weighted by Crippen LogP contribution is -2.10. The number of unbranched alkanes of at least 4 members (excludes halogenated alkanes) is 1. The predicted octanol–water partition coefficient (Wildman–Crippen LogP) is 2.66. The first-order valence-corrected chi connectivity index (χ1v) is 7.60. The molecule has 24 heavy (non-hydrogen) atoms. The van der Waals surface area contributed by atoms with E-state index in [4.69, 9.17) is 0 Å². The molecule has 0 aliphatic rings. The van der Waals surface area contributed by atoms with Gasteiger partial charge in [0.2, 0.25) is 5.43 Å². The number of carbonyl (C=O) groups excluding carboxylic acids is 1. The molecule has 0 aliphatic carbocycles. The Balaban J connectivity index is 2.29. The maximum absolute atomic E-state index is 12.1. The maximum atomic E-state index is 12.1. The quantitative estimate of drug-likeness (QED) is 0.430. The highest BCUT2D eigenvalue weighted by atomic mass is 16.3. The van der Waals surface area contributed by atoms with Crippen LogP contribution in [0.1, 0.15) is 35.8 Å². The number of nitrogens with zero attached hydrogens (tertiary/aromatic N) is 1. The van der Waals surface area contributed by atoms with E-state index in [0.717, 1.165) is 12.8 Å². The summed E-state index contributed by atoms with van der Waals surface area (Å²) in [6.45, 7) is 2.64. The lowest BCUT2D eigenvalue weighted by atomic mass is 10.1. The molecule has 1 aromatic heterocycles. The molecule has 0 spiro atoms. The average molecular weight is 329 g/mol. The minimum Gasteiger partial charge on any atom is -0.504 e. The van der Waals surface area contributed by atoms with Gasteiger partial charge in [-0.05, 0) is 36.8 Å². The van der Waals surface area contributed by atoms with Crippen LogP contribution in [-0.2, 0) is 6.54 Å². The number of phenolic OH excluding ortho intramolecular Hbond substituents is 2. The van der Waals surface area contributed by atoms with E-state index in [1.165, 1.54) is 42.6 Å². The Kier molecular flexibility index (Phi) is 5.42. The van der Waals surface area contributed by atoms with Gasteiger partial charge < -0.3 is 19.9 Å². The third-order valence-electron chi connectivity index (χ3n) is 3.56. The minimum absolute atomic E-state index is 0.211. The summed E-state index contributed by atoms with van der Waals surface area (Å²) >= 11 is 0. The molecule has 6 heteroatoms. The number of phenols is 2. The van der Waals surface area contributed by atoms with Crippen LogP contribution in [0.3, 0.4) is 0 Å². The summed E-state index contributed by atoms with van der Waals surface area (Å²) in [5.41, 5.74) is 0.197. The smallest absolute Gasteiger partial charge is 0.223 e. The van der Waals surface area contributed by atoms with Crippen molar-refractivity contribution in [3.8, 4) is 17.2 Å². The van der Waals surface area contributed by atoms with Crippen LogP contribution in [0.25, 0.3) is 6.08 Å². The number of rotatable bonds is 6. The Morgan fingerprint density at radius 1 is 1.12 bits per heavy atom. The van der Waals surface area contributed by atoms with E-state index in [9.17, 15) is 24.9 Å². The van der Waals surface area contributed by atoms with Gasteiger partial charge in [-0.1, -0.05) is 13.3 Å². The van der Waals surface area contributed by atoms with Gasteiger partial charge >= 0.3 is 0 Å². The molecular formula is C18H19NO5. The van der Waals surface area contributed by atoms with Crippen molar-refractivity contribution in [3.63, 3.8) is 0 Å². The Bertz CT molecular complexity index is 836. The fourth-order valence-corrected chi connectivity index (χ4v) is 2.18. The first-order valence-electron chi connectivity index (χ1n) is 7.60. The van der Waals surface area contributed by atoms with Gasteiger partial charge in [-0.2, -0.15) is 0 Å². The molecule has 0 unspecified atom stereocenters. The van der Waals surface area contributed by atoms with E-state index >= 15 is 0 Å². The minimum atomic E-state index is -0.517. The van der Waals surface area contributed by atoms with Gasteiger partial charge in [0, 0.05) is 23.9 Å². The molecule has 0 saturated heterocycles. The molecule has 0 atom stereocenters. The number of hydrogen-bond acceptors (Lipinski definition) is 5. The largest absolute Gasteiger partial charge is 0.504 e. The number of aromatic hydroxyl groups is 3. The highest BCUT2D eigenvalue weighted by molar-refractivity contribution is 6.07. The van der Waals surface area contributed by atoms with E-state index in [1.54, 1.807) is 4.57 Å². The van der Waals surface area contributed by atoms with Crippen molar-refractivity contribution in [3.05, 3.63) is 58.0 Å². The third-order valence-corrected chi connectivity index (χ3v) is 3.56. The second-order valence-electron chi connectivity index (χ2n) is 5.40. The summed E-state index contributed by atoms with van der Waals surface area (Å²) in [7, 11) is 0. The van der Waals surface area contributed by atoms with Crippen molar-refractivity contribution < 1.29 is 20.1 Å². The van der Waals surface area contributed by atoms with Gasteiger partial charge in [0.05, 0.1) is 6.20 Å². The molecule has 0 aliphatic heterocycles. The first kappa shape index (κ1) is 17.3. The summed E-state index contributed by atoms with van der Waals surface area (Å²) in [6.07, 6.45) is 5.93. The van der Waals surface area contributed by atoms with Gasteiger partial charge in [0.1, 0.15) is 0 Å². The van der Waals surface area contributed by atoms with Crippen molar-refractivity contribution in [2.45, 2.75) is 26.3 Å². The van der Waals surface area contributed by atoms with Gasteiger partial charge in [0.25, 0.3) is 0 Å². The van der Waals surface area contributed by atoms with Crippen LogP contribution in [-0.4, -0.2) is 25.7 Å². The van der Waals surface area contributed by atoms with Crippen LogP contribution in [0.2, 0.25) is 0 Å². The van der Waals surface area contributed by atoms with Crippen LogP contribution >= 0.6 is 0 Å². The normalized spacial score (nSPS) is 11.0. The molecule has 2 rings (SSSR count). The van der Waals surface area contributed by atoms with Crippen LogP contribution < -0.4 is 5.43 Å². The molecule has 0 bridgehead atoms. The van der Waals surface area contributed by atoms with Crippen LogP contribution in [0.4, 0.5) is 0 Å². The van der Waals surface area contributed by atoms with Gasteiger partial charge in [-0.25, -0.2) is 0 Å². The van der Waals surface area contributed by atoms with Gasteiger partial charge in [-0.3, -0.25) is 9.59 Å². The summed E-state index contributed by atoms with van der Waals surface area (Å²) in [5, 5.41) is 28.3. The van der Waals surface area contributed by atoms with Crippen molar-refractivity contribution in [2.24, 2.45) is 0 Å². The molecule has 0 fully saturated rings. The number of aryl methyl sites for hydroxylation is 1. The third kappa shape index (κ3) is 4.04. The monoisotopic (exact) mass is 329 g/mol. The fraction of sp³-hybridized carbons (Fsp3) is 0.222. The highest BCUT2D eigenvalue weighted by Crippen LogP contribution is 2.25. The fourth-order valence-electron chi connectivity index (χ4n) is 2.18. The molecule has 0 radical (unpaired) electrons. The first-order chi connectivity index (χ1) is 11.4. The molecule has 1 aromatic carbocycles. The predicted molar refractivity (Wildman–Crippen MR) is 90.4 cm³/mol. The van der Waals surface area contributed by atoms with Crippen LogP contribution in [0, 0.1) is 0 Å². The summed E-state index contributed by atoms with van der Waals surface area (Å²) in [6, 6.07) is 5.06. The Hall–Kier alpha value is -3.02. The van der Waals surface area contributed by atoms with Crippen molar-refractivity contribution in [2.75, 3.05) is 0 Å². The zero-order chi connectivity index (χ0) is 17.7. The molecule has 3 N–H and O–H groups in total. The van der Waals surface area contributed by atoms with E-state index in [2.05, 4.69) is 0 Å². The highest BCUT2D eigenvalue weighted by Gasteiger charge is 2.08. The van der Waals surface area contributed by atoms with E-state index in [1.807, 2.05) is 6.92 Å². The number of allylic oxidation sites excluding steroid dienone is 1. The molecule has 0 amide bonds. The second kappa shape index (κ2) is 7.50. The lowest BCUT2D eigenvalue weighted by molar-refractivity contribution is 0.104. The van der Waals surface area contributed by atoms with E-state index < -0.39 is 5.43 Å². The standard InChI is InChI=1S/C18H19NO5/c1-2-3-8-19-11-18(24)17(23)10-13(19)5-7-14(20)12-4-6-15(21)16(22)9-12/h4-7,9-11,21-22,24H,2-3,8H2,1H3. The topological polar surface area (TPSA) is 99.8 Å². The number of pyridine rings is 1. The Morgan fingerprint density at radius 2 is 1.88 bits per heavy atom. The lowest BCUT2D eigenvalue weighted by Gasteiger charge is -2.10. The maximum Gasteiger partial charge on any atom is 0.223 e. The number of benzene rings is 1. The zero-order valence-corrected chi connectivity index (χ0v) is 13.3. The van der Waals surface area contributed by atoms with Crippen molar-refractivity contribution in [1.82, 2.24) is 4.57 Å². The van der Waals surface area contributed by atoms with Crippen molar-refractivity contribution >= 4 is 11.9 Å². The average Bonchev–Trinajstić information content (AvgIpc) is 2.56. The van der Waals surface area contributed by atoms with Crippen LogP contribution in [0.15, 0.2) is 41.3 Å². The Labute approximate surface area is 138 Å². The van der Waals surface area contributed by atoms with E-state index in [-0.39, 0.29) is 28.6 Å². The molecule has 1 heterocycles. The Morgan fingerprint density at radius 3 is 2.54 bits per heavy atom. The molecule has 2 aromatic rings. The van der Waals surface area contributed by atoms with Crippen molar-refractivity contribution in [1.29, 1.82) is 0 Å². The summed E-state index contributed by atoms with van der Waals surface area (Å²) in [5.74, 6) is -1.40. The molecule has 126 valence electrons. The second-order valence-corrected chi connectivity index (χ2v) is 5.40. The summed E-state index contributed by atoms with van der Waals surface area (Å²) < 4.78 is 1.71. The molecule has 0 saturated carbocycles. The van der Waals surface area contributed by atoms with Crippen LogP contribution in [0.5, 0.6) is 17.2 Å². The van der Waals surface area contributed by atoms with Gasteiger partial charge in [0.15, 0.2) is 23.0 Å². The molecule has 6 nitrogen and oxygen atoms in total.